The van der Waals surface area contributed by atoms with Crippen LogP contribution in [-0.2, 0) is 21.7 Å². The van der Waals surface area contributed by atoms with Crippen LogP contribution in [0.2, 0.25) is 18.1 Å². The average Bonchev–Trinajstić information content (AvgIpc) is 2.32. The molecule has 0 aliphatic heterocycles. The molecular weight excluding hydrogens is 341 g/mol. The molecule has 0 saturated heterocycles. The van der Waals surface area contributed by atoms with E-state index in [1.165, 1.54) is 16.8 Å². The van der Waals surface area contributed by atoms with Gasteiger partial charge in [0.05, 0.1) is 0 Å². The molecule has 0 aromatic carbocycles. The first-order valence-electron chi connectivity index (χ1n) is 6.64. The third kappa shape index (κ3) is 4.64. The first-order chi connectivity index (χ1) is 7.51. The molecule has 0 fully saturated rings. The Balaban J connectivity index is -0.000000963. The second kappa shape index (κ2) is 8.43. The normalized spacial score (nSPS) is 22.3. The fourth-order valence-corrected chi connectivity index (χ4v) is 4.57. The molecule has 0 amide bonds. The molecular formula is C15H30Cl2NSiTi-. The second-order valence-electron chi connectivity index (χ2n) is 6.86. The molecule has 0 N–H and O–H groups in total. The van der Waals surface area contributed by atoms with Crippen molar-refractivity contribution >= 4 is 33.6 Å². The van der Waals surface area contributed by atoms with Crippen LogP contribution in [0.3, 0.4) is 0 Å². The van der Waals surface area contributed by atoms with Gasteiger partial charge in [-0.05, 0) is 25.8 Å². The van der Waals surface area contributed by atoms with Gasteiger partial charge in [0.15, 0.2) is 0 Å². The summed E-state index contributed by atoms with van der Waals surface area (Å²) in [6.45, 7) is 20.7. The van der Waals surface area contributed by atoms with E-state index in [1.54, 1.807) is 5.57 Å². The van der Waals surface area contributed by atoms with E-state index in [0.29, 0.717) is 0 Å². The van der Waals surface area contributed by atoms with Crippen molar-refractivity contribution in [3.05, 3.63) is 27.7 Å². The first kappa shape index (κ1) is 25.7. The minimum absolute atomic E-state index is 0. The molecule has 118 valence electrons. The van der Waals surface area contributed by atoms with Crippen LogP contribution in [0.25, 0.3) is 5.32 Å². The van der Waals surface area contributed by atoms with Gasteiger partial charge < -0.3 is 5.32 Å². The zero-order valence-electron chi connectivity index (χ0n) is 14.3. The van der Waals surface area contributed by atoms with Gasteiger partial charge in [-0.1, -0.05) is 57.5 Å². The first-order valence-corrected chi connectivity index (χ1v) is 9.53. The van der Waals surface area contributed by atoms with Crippen molar-refractivity contribution in [2.75, 3.05) is 0 Å². The molecule has 1 unspecified atom stereocenters. The Bertz CT molecular complexity index is 397. The summed E-state index contributed by atoms with van der Waals surface area (Å²) in [5.74, 6) is 0. The van der Waals surface area contributed by atoms with E-state index >= 15 is 0 Å². The summed E-state index contributed by atoms with van der Waals surface area (Å²) in [6.07, 6.45) is 0. The number of rotatable bonds is 2. The molecule has 1 nitrogen and oxygen atoms in total. The van der Waals surface area contributed by atoms with E-state index in [2.05, 4.69) is 61.6 Å². The van der Waals surface area contributed by atoms with Gasteiger partial charge in [-0.15, -0.1) is 30.4 Å². The minimum atomic E-state index is -0.830. The number of allylic oxidation sites excluding steroid dienone is 3. The van der Waals surface area contributed by atoms with Crippen molar-refractivity contribution < 1.29 is 21.7 Å². The van der Waals surface area contributed by atoms with E-state index in [1.807, 2.05) is 0 Å². The fourth-order valence-electron chi connectivity index (χ4n) is 2.66. The zero-order valence-corrected chi connectivity index (χ0v) is 18.7. The summed E-state index contributed by atoms with van der Waals surface area (Å²) in [7, 11) is -0.830. The van der Waals surface area contributed by atoms with Crippen LogP contribution < -0.4 is 0 Å². The van der Waals surface area contributed by atoms with E-state index in [0.717, 1.165) is 0 Å². The number of hydrogen-bond donors (Lipinski definition) is 0. The molecule has 0 radical (unpaired) electrons. The number of hydrogen-bond acceptors (Lipinski definition) is 0. The predicted molar refractivity (Wildman–Crippen MR) is 95.9 cm³/mol. The van der Waals surface area contributed by atoms with Crippen molar-refractivity contribution in [2.45, 2.75) is 72.1 Å². The van der Waals surface area contributed by atoms with Crippen molar-refractivity contribution in [3.8, 4) is 0 Å². The SMILES string of the molecule is CC1=C(C)C(C)([SiH](C)C)C([N-]C(C)(C)C)=C1C.Cl.Cl.[Ti]. The topological polar surface area (TPSA) is 14.1 Å². The van der Waals surface area contributed by atoms with Crippen LogP contribution in [0.15, 0.2) is 22.4 Å². The molecule has 0 aromatic rings. The Labute approximate surface area is 154 Å². The summed E-state index contributed by atoms with van der Waals surface area (Å²) in [5.41, 5.74) is 5.82. The molecule has 0 spiro atoms. The molecule has 5 heteroatoms. The van der Waals surface area contributed by atoms with Gasteiger partial charge in [0.1, 0.15) is 0 Å². The minimum Gasteiger partial charge on any atom is -0.682 e. The molecule has 1 rings (SSSR count). The molecule has 20 heavy (non-hydrogen) atoms. The van der Waals surface area contributed by atoms with E-state index in [-0.39, 0.29) is 57.1 Å². The van der Waals surface area contributed by atoms with Gasteiger partial charge in [-0.25, -0.2) is 0 Å². The van der Waals surface area contributed by atoms with Gasteiger partial charge >= 0.3 is 0 Å². The Morgan fingerprint density at radius 1 is 0.950 bits per heavy atom. The quantitative estimate of drug-likeness (QED) is 0.539. The van der Waals surface area contributed by atoms with Gasteiger partial charge in [-0.2, -0.15) is 5.70 Å². The third-order valence-corrected chi connectivity index (χ3v) is 7.37. The maximum Gasteiger partial charge on any atom is 0.0451 e. The fraction of sp³-hybridized carbons (Fsp3) is 0.733. The zero-order chi connectivity index (χ0) is 13.6. The van der Waals surface area contributed by atoms with Gasteiger partial charge in [0, 0.05) is 30.5 Å². The predicted octanol–water partition coefficient (Wildman–Crippen LogP) is 5.87. The molecule has 0 saturated carbocycles. The molecule has 1 aliphatic rings. The van der Waals surface area contributed by atoms with E-state index in [9.17, 15) is 0 Å². The smallest absolute Gasteiger partial charge is 0.0451 e. The van der Waals surface area contributed by atoms with Crippen molar-refractivity contribution in [1.82, 2.24) is 0 Å². The summed E-state index contributed by atoms with van der Waals surface area (Å²) in [6, 6.07) is 0. The third-order valence-electron chi connectivity index (χ3n) is 4.35. The monoisotopic (exact) mass is 370 g/mol. The summed E-state index contributed by atoms with van der Waals surface area (Å²) in [5, 5.41) is 5.29. The van der Waals surface area contributed by atoms with Gasteiger partial charge in [0.2, 0.25) is 0 Å². The van der Waals surface area contributed by atoms with Crippen LogP contribution in [0.5, 0.6) is 0 Å². The van der Waals surface area contributed by atoms with Gasteiger partial charge in [-0.3, -0.25) is 0 Å². The van der Waals surface area contributed by atoms with Gasteiger partial charge in [0.25, 0.3) is 0 Å². The van der Waals surface area contributed by atoms with E-state index in [4.69, 9.17) is 5.32 Å². The average molecular weight is 371 g/mol. The molecule has 1 atom stereocenters. The Kier molecular flexibility index (Phi) is 10.8. The Morgan fingerprint density at radius 3 is 1.65 bits per heavy atom. The van der Waals surface area contributed by atoms with Crippen LogP contribution in [0, 0.1) is 0 Å². The Hall–Kier alpha value is 0.791. The Morgan fingerprint density at radius 2 is 1.35 bits per heavy atom. The molecule has 0 bridgehead atoms. The van der Waals surface area contributed by atoms with Crippen molar-refractivity contribution in [2.24, 2.45) is 0 Å². The second-order valence-corrected chi connectivity index (χ2v) is 10.3. The van der Waals surface area contributed by atoms with Crippen LogP contribution >= 0.6 is 24.8 Å². The largest absolute Gasteiger partial charge is 0.682 e. The van der Waals surface area contributed by atoms with Crippen molar-refractivity contribution in [1.29, 1.82) is 0 Å². The van der Waals surface area contributed by atoms with E-state index < -0.39 is 8.80 Å². The number of nitrogens with zero attached hydrogens (tertiary/aromatic N) is 1. The van der Waals surface area contributed by atoms with Crippen LogP contribution in [0.4, 0.5) is 0 Å². The molecule has 1 aliphatic carbocycles. The summed E-state index contributed by atoms with van der Waals surface area (Å²) in [4.78, 5) is 0. The standard InChI is InChI=1S/C15H28NSi.2ClH.Ti/c1-10-11(2)13(16-14(4,5)6)15(7,12(10)3)17(8)9;;;/h17H,1-9H3;2*1H;/q-1;;;. The maximum absolute atomic E-state index is 5.04. The maximum atomic E-state index is 5.04. The molecule has 0 aromatic heterocycles. The summed E-state index contributed by atoms with van der Waals surface area (Å²) < 4.78 is 0. The van der Waals surface area contributed by atoms with Crippen LogP contribution in [0.1, 0.15) is 48.5 Å². The van der Waals surface area contributed by atoms with Crippen molar-refractivity contribution in [3.63, 3.8) is 0 Å². The van der Waals surface area contributed by atoms with Crippen LogP contribution in [-0.4, -0.2) is 14.3 Å². The number of halogens is 2. The molecule has 0 heterocycles. The summed E-state index contributed by atoms with van der Waals surface area (Å²) >= 11 is 0.